The fourth-order valence-corrected chi connectivity index (χ4v) is 11.4. The van der Waals surface area contributed by atoms with E-state index in [0.717, 1.165) is 28.6 Å². The second kappa shape index (κ2) is 8.13. The van der Waals surface area contributed by atoms with Crippen molar-refractivity contribution in [2.75, 3.05) is 4.90 Å². The average molecular weight is 506 g/mol. The molecule has 5 heteroatoms. The second-order valence-electron chi connectivity index (χ2n) is 8.54. The highest BCUT2D eigenvalue weighted by Crippen LogP contribution is 2.55. The lowest BCUT2D eigenvalue weighted by atomic mass is 10.1. The lowest BCUT2D eigenvalue weighted by Gasteiger charge is -2.35. The van der Waals surface area contributed by atoms with E-state index in [4.69, 9.17) is 16.5 Å². The highest BCUT2D eigenvalue weighted by molar-refractivity contribution is 8.26. The predicted molar refractivity (Wildman–Crippen MR) is 151 cm³/mol. The van der Waals surface area contributed by atoms with Gasteiger partial charge in [-0.2, -0.15) is 0 Å². The first-order valence-electron chi connectivity index (χ1n) is 11.5. The molecule has 0 aromatic heterocycles. The summed E-state index contributed by atoms with van der Waals surface area (Å²) in [7, 11) is 0. The van der Waals surface area contributed by atoms with Gasteiger partial charge in [0.25, 0.3) is 0 Å². The molecule has 35 heavy (non-hydrogen) atoms. The van der Waals surface area contributed by atoms with Crippen LogP contribution in [0.1, 0.15) is 0 Å². The Hall–Kier alpha value is -3.30. The molecule has 7 rings (SSSR count). The van der Waals surface area contributed by atoms with Crippen LogP contribution in [0.3, 0.4) is 0 Å². The quantitative estimate of drug-likeness (QED) is 0.226. The van der Waals surface area contributed by atoms with Gasteiger partial charge in [-0.25, -0.2) is 0 Å². The van der Waals surface area contributed by atoms with Crippen LogP contribution < -0.4 is 25.6 Å². The van der Waals surface area contributed by atoms with E-state index in [9.17, 15) is 0 Å². The van der Waals surface area contributed by atoms with Crippen molar-refractivity contribution in [1.29, 1.82) is 0 Å². The van der Waals surface area contributed by atoms with E-state index in [1.165, 1.54) is 25.7 Å². The SMILES string of the molecule is S=P1(c2ccccc2)c2ccccc2Sc2cc(N3c4ccccc4Oc4ccccc43)ccc21. The number of benzene rings is 5. The minimum Gasteiger partial charge on any atom is -0.453 e. The lowest BCUT2D eigenvalue weighted by molar-refractivity contribution is 0.477. The minimum atomic E-state index is -2.17. The summed E-state index contributed by atoms with van der Waals surface area (Å²) in [5.41, 5.74) is 3.18. The standard InChI is InChI=1S/C30H20NOPS2/c34-33(22-10-2-1-3-11-22)27-16-8-9-17-29(27)35-30-20-21(18-19-28(30)33)31-23-12-4-6-14-25(23)32-26-15-7-5-13-24(26)31/h1-20H. The van der Waals surface area contributed by atoms with Gasteiger partial charge in [0.2, 0.25) is 0 Å². The van der Waals surface area contributed by atoms with Crippen molar-refractivity contribution >= 4 is 62.6 Å². The molecule has 5 aromatic rings. The Balaban J connectivity index is 1.45. The summed E-state index contributed by atoms with van der Waals surface area (Å²) in [6.45, 7) is 0. The summed E-state index contributed by atoms with van der Waals surface area (Å²) in [6, 6.07) is 40.3. The highest BCUT2D eigenvalue weighted by atomic mass is 32.4. The predicted octanol–water partition coefficient (Wildman–Crippen LogP) is 7.48. The summed E-state index contributed by atoms with van der Waals surface area (Å²) in [4.78, 5) is 4.78. The van der Waals surface area contributed by atoms with Crippen LogP contribution in [0.4, 0.5) is 17.1 Å². The zero-order valence-electron chi connectivity index (χ0n) is 18.7. The molecule has 0 radical (unpaired) electrons. The van der Waals surface area contributed by atoms with Gasteiger partial charge in [-0.15, -0.1) is 0 Å². The number of anilines is 3. The molecule has 0 aliphatic carbocycles. The molecule has 5 aromatic carbocycles. The molecule has 0 amide bonds. The third-order valence-electron chi connectivity index (χ3n) is 6.52. The molecule has 2 heterocycles. The van der Waals surface area contributed by atoms with Gasteiger partial charge in [0.15, 0.2) is 11.5 Å². The van der Waals surface area contributed by atoms with Crippen molar-refractivity contribution in [2.45, 2.75) is 9.79 Å². The average Bonchev–Trinajstić information content (AvgIpc) is 2.92. The van der Waals surface area contributed by atoms with Gasteiger partial charge in [0.1, 0.15) is 0 Å². The Morgan fingerprint density at radius 1 is 0.600 bits per heavy atom. The minimum absolute atomic E-state index is 0.858. The molecule has 0 fully saturated rings. The number of fused-ring (bicyclic) bond motifs is 4. The van der Waals surface area contributed by atoms with Crippen molar-refractivity contribution < 1.29 is 4.74 Å². The van der Waals surface area contributed by atoms with Crippen LogP contribution in [-0.4, -0.2) is 0 Å². The molecule has 0 bridgehead atoms. The van der Waals surface area contributed by atoms with Crippen molar-refractivity contribution in [1.82, 2.24) is 0 Å². The summed E-state index contributed by atoms with van der Waals surface area (Å²) >= 11 is 8.44. The number of rotatable bonds is 2. The first-order chi connectivity index (χ1) is 17.2. The van der Waals surface area contributed by atoms with Crippen LogP contribution in [0.5, 0.6) is 11.5 Å². The second-order valence-corrected chi connectivity index (χ2v) is 14.0. The summed E-state index contributed by atoms with van der Waals surface area (Å²) in [5, 5.41) is 3.79. The molecule has 0 spiro atoms. The van der Waals surface area contributed by atoms with Crippen LogP contribution in [0.15, 0.2) is 131 Å². The molecule has 1 atom stereocenters. The molecule has 0 N–H and O–H groups in total. The number of nitrogens with zero attached hydrogens (tertiary/aromatic N) is 1. The number of para-hydroxylation sites is 4. The van der Waals surface area contributed by atoms with Gasteiger partial charge in [-0.05, 0) is 53.8 Å². The van der Waals surface area contributed by atoms with Gasteiger partial charge in [-0.3, -0.25) is 0 Å². The first kappa shape index (κ1) is 21.0. The van der Waals surface area contributed by atoms with Crippen molar-refractivity contribution in [3.63, 3.8) is 0 Å². The molecule has 168 valence electrons. The Labute approximate surface area is 214 Å². The van der Waals surface area contributed by atoms with E-state index in [2.05, 4.69) is 102 Å². The zero-order chi connectivity index (χ0) is 23.4. The van der Waals surface area contributed by atoms with E-state index in [0.29, 0.717) is 0 Å². The molecular formula is C30H20NOPS2. The van der Waals surface area contributed by atoms with Crippen molar-refractivity contribution in [3.05, 3.63) is 121 Å². The molecule has 0 saturated heterocycles. The smallest absolute Gasteiger partial charge is 0.151 e. The summed E-state index contributed by atoms with van der Waals surface area (Å²) in [5.74, 6) is 1.72. The van der Waals surface area contributed by atoms with E-state index in [1.54, 1.807) is 0 Å². The fourth-order valence-electron chi connectivity index (χ4n) is 4.93. The third kappa shape index (κ3) is 3.21. The van der Waals surface area contributed by atoms with E-state index in [1.807, 2.05) is 36.0 Å². The van der Waals surface area contributed by atoms with E-state index >= 15 is 0 Å². The Bertz CT molecular complexity index is 1600. The van der Waals surface area contributed by atoms with Crippen molar-refractivity contribution in [3.8, 4) is 11.5 Å². The summed E-state index contributed by atoms with van der Waals surface area (Å²) in [6.07, 6.45) is 0. The maximum Gasteiger partial charge on any atom is 0.151 e. The number of ether oxygens (including phenoxy) is 1. The number of hydrogen-bond donors (Lipinski definition) is 0. The lowest BCUT2D eigenvalue weighted by Crippen LogP contribution is -2.30. The molecule has 1 unspecified atom stereocenters. The van der Waals surface area contributed by atoms with E-state index < -0.39 is 6.04 Å². The number of hydrogen-bond acceptors (Lipinski definition) is 4. The summed E-state index contributed by atoms with van der Waals surface area (Å²) < 4.78 is 6.22. The fraction of sp³-hybridized carbons (Fsp3) is 0. The van der Waals surface area contributed by atoms with Gasteiger partial charge in [0.05, 0.1) is 11.4 Å². The zero-order valence-corrected chi connectivity index (χ0v) is 21.2. The molecular weight excluding hydrogens is 485 g/mol. The third-order valence-corrected chi connectivity index (χ3v) is 12.9. The van der Waals surface area contributed by atoms with Crippen LogP contribution in [0.2, 0.25) is 0 Å². The van der Waals surface area contributed by atoms with Crippen LogP contribution >= 0.6 is 17.8 Å². The largest absolute Gasteiger partial charge is 0.453 e. The van der Waals surface area contributed by atoms with E-state index in [-0.39, 0.29) is 0 Å². The first-order valence-corrected chi connectivity index (χ1v) is 15.1. The Morgan fingerprint density at radius 2 is 1.20 bits per heavy atom. The van der Waals surface area contributed by atoms with Crippen LogP contribution in [0.25, 0.3) is 0 Å². The monoisotopic (exact) mass is 505 g/mol. The highest BCUT2D eigenvalue weighted by Gasteiger charge is 2.35. The van der Waals surface area contributed by atoms with Crippen LogP contribution in [0, 0.1) is 0 Å². The Morgan fingerprint density at radius 3 is 1.94 bits per heavy atom. The van der Waals surface area contributed by atoms with Gasteiger partial charge in [-0.1, -0.05) is 96.4 Å². The normalized spacial score (nSPS) is 17.4. The topological polar surface area (TPSA) is 12.5 Å². The van der Waals surface area contributed by atoms with Crippen molar-refractivity contribution in [2.24, 2.45) is 0 Å². The van der Waals surface area contributed by atoms with Gasteiger partial charge in [0, 0.05) is 32.1 Å². The molecule has 2 aliphatic rings. The molecule has 0 saturated carbocycles. The molecule has 2 nitrogen and oxygen atoms in total. The van der Waals surface area contributed by atoms with Crippen LogP contribution in [-0.2, 0) is 11.8 Å². The Kier molecular flexibility index (Phi) is 4.89. The maximum absolute atomic E-state index is 6.62. The molecule has 2 aliphatic heterocycles. The van der Waals surface area contributed by atoms with Gasteiger partial charge < -0.3 is 9.64 Å². The maximum atomic E-state index is 6.62. The van der Waals surface area contributed by atoms with Gasteiger partial charge >= 0.3 is 0 Å².